The van der Waals surface area contributed by atoms with E-state index >= 15 is 0 Å². The van der Waals surface area contributed by atoms with Crippen LogP contribution >= 0.6 is 0 Å². The molecule has 2 aromatic carbocycles. The monoisotopic (exact) mass is 379 g/mol. The maximum atomic E-state index is 13.0. The molecule has 3 aromatic rings. The van der Waals surface area contributed by atoms with E-state index in [2.05, 4.69) is 5.32 Å². The molecule has 0 spiro atoms. The number of carbonyl (C=O) groups excluding carboxylic acids is 2. The summed E-state index contributed by atoms with van der Waals surface area (Å²) < 4.78 is 15.0. The molecule has 0 saturated heterocycles. The van der Waals surface area contributed by atoms with Gasteiger partial charge in [-0.05, 0) is 53.9 Å². The Morgan fingerprint density at radius 1 is 0.964 bits per heavy atom. The standard InChI is InChI=1S/C22H22FN3O2/c23-19-7-3-16(4-8-19)13-18(22(24)28)15-25-21(27)14-17-5-9-20(10-6-17)26-11-1-2-12-26/h1-12,18H,13-15H2,(H2,24,28)(H,25,27). The van der Waals surface area contributed by atoms with Gasteiger partial charge in [0.15, 0.2) is 0 Å². The summed E-state index contributed by atoms with van der Waals surface area (Å²) in [6.07, 6.45) is 4.47. The Morgan fingerprint density at radius 3 is 2.18 bits per heavy atom. The van der Waals surface area contributed by atoms with E-state index in [0.29, 0.717) is 6.42 Å². The highest BCUT2D eigenvalue weighted by atomic mass is 19.1. The Balaban J connectivity index is 1.53. The average molecular weight is 379 g/mol. The zero-order chi connectivity index (χ0) is 19.9. The van der Waals surface area contributed by atoms with Crippen molar-refractivity contribution < 1.29 is 14.0 Å². The van der Waals surface area contributed by atoms with Crippen LogP contribution in [0, 0.1) is 11.7 Å². The first kappa shape index (κ1) is 19.4. The zero-order valence-corrected chi connectivity index (χ0v) is 15.3. The molecular weight excluding hydrogens is 357 g/mol. The van der Waals surface area contributed by atoms with Crippen LogP contribution in [0.15, 0.2) is 73.1 Å². The molecule has 0 aliphatic carbocycles. The van der Waals surface area contributed by atoms with E-state index in [1.54, 1.807) is 12.1 Å². The molecule has 144 valence electrons. The third-order valence-corrected chi connectivity index (χ3v) is 4.55. The lowest BCUT2D eigenvalue weighted by Gasteiger charge is -2.15. The van der Waals surface area contributed by atoms with Gasteiger partial charge < -0.3 is 15.6 Å². The van der Waals surface area contributed by atoms with Gasteiger partial charge in [-0.3, -0.25) is 9.59 Å². The number of hydrogen-bond acceptors (Lipinski definition) is 2. The van der Waals surface area contributed by atoms with Crippen molar-refractivity contribution in [3.8, 4) is 5.69 Å². The van der Waals surface area contributed by atoms with Crippen molar-refractivity contribution in [3.63, 3.8) is 0 Å². The number of rotatable bonds is 8. The molecule has 28 heavy (non-hydrogen) atoms. The van der Waals surface area contributed by atoms with Gasteiger partial charge in [-0.2, -0.15) is 0 Å². The fourth-order valence-corrected chi connectivity index (χ4v) is 2.96. The molecule has 0 saturated carbocycles. The van der Waals surface area contributed by atoms with Crippen molar-refractivity contribution in [3.05, 3.63) is 90.0 Å². The fourth-order valence-electron chi connectivity index (χ4n) is 2.96. The van der Waals surface area contributed by atoms with Gasteiger partial charge in [-0.25, -0.2) is 4.39 Å². The molecule has 0 bridgehead atoms. The maximum absolute atomic E-state index is 13.0. The number of carbonyl (C=O) groups is 2. The zero-order valence-electron chi connectivity index (χ0n) is 15.3. The van der Waals surface area contributed by atoms with Crippen LogP contribution in [0.2, 0.25) is 0 Å². The number of nitrogens with one attached hydrogen (secondary N) is 1. The molecule has 6 heteroatoms. The van der Waals surface area contributed by atoms with Gasteiger partial charge in [0, 0.05) is 24.6 Å². The Labute approximate surface area is 163 Å². The normalized spacial score (nSPS) is 11.8. The lowest BCUT2D eigenvalue weighted by molar-refractivity contribution is -0.123. The predicted octanol–water partition coefficient (Wildman–Crippen LogP) is 2.62. The third kappa shape index (κ3) is 5.30. The minimum Gasteiger partial charge on any atom is -0.369 e. The molecular formula is C22H22FN3O2. The fraction of sp³-hybridized carbons (Fsp3) is 0.182. The van der Waals surface area contributed by atoms with Crippen LogP contribution < -0.4 is 11.1 Å². The third-order valence-electron chi connectivity index (χ3n) is 4.55. The second-order valence-corrected chi connectivity index (χ2v) is 6.67. The SMILES string of the molecule is NC(=O)C(CNC(=O)Cc1ccc(-n2cccc2)cc1)Cc1ccc(F)cc1. The number of primary amides is 1. The van der Waals surface area contributed by atoms with Crippen molar-refractivity contribution in [1.82, 2.24) is 9.88 Å². The number of amides is 2. The number of nitrogens with zero attached hydrogens (tertiary/aromatic N) is 1. The lowest BCUT2D eigenvalue weighted by atomic mass is 9.98. The predicted molar refractivity (Wildman–Crippen MR) is 105 cm³/mol. The molecule has 0 aliphatic heterocycles. The number of benzene rings is 2. The van der Waals surface area contributed by atoms with Crippen molar-refractivity contribution in [2.75, 3.05) is 6.54 Å². The van der Waals surface area contributed by atoms with Gasteiger partial charge in [0.05, 0.1) is 12.3 Å². The first-order chi connectivity index (χ1) is 13.5. The molecule has 0 aliphatic rings. The topological polar surface area (TPSA) is 77.1 Å². The van der Waals surface area contributed by atoms with Gasteiger partial charge in [-0.15, -0.1) is 0 Å². The number of nitrogens with two attached hydrogens (primary N) is 1. The Morgan fingerprint density at radius 2 is 1.57 bits per heavy atom. The summed E-state index contributed by atoms with van der Waals surface area (Å²) in [5.41, 5.74) is 8.13. The lowest BCUT2D eigenvalue weighted by Crippen LogP contribution is -2.37. The molecule has 0 fully saturated rings. The van der Waals surface area contributed by atoms with E-state index in [1.165, 1.54) is 12.1 Å². The first-order valence-corrected chi connectivity index (χ1v) is 9.04. The largest absolute Gasteiger partial charge is 0.369 e. The van der Waals surface area contributed by atoms with Gasteiger partial charge >= 0.3 is 0 Å². The van der Waals surface area contributed by atoms with E-state index in [9.17, 15) is 14.0 Å². The van der Waals surface area contributed by atoms with E-state index in [4.69, 9.17) is 5.73 Å². The van der Waals surface area contributed by atoms with Gasteiger partial charge in [0.1, 0.15) is 5.82 Å². The second kappa shape index (κ2) is 8.99. The molecule has 2 amide bonds. The first-order valence-electron chi connectivity index (χ1n) is 9.04. The molecule has 1 atom stereocenters. The molecule has 0 radical (unpaired) electrons. The van der Waals surface area contributed by atoms with E-state index < -0.39 is 11.8 Å². The second-order valence-electron chi connectivity index (χ2n) is 6.67. The summed E-state index contributed by atoms with van der Waals surface area (Å²) in [4.78, 5) is 23.9. The van der Waals surface area contributed by atoms with Crippen LogP contribution in [-0.4, -0.2) is 22.9 Å². The summed E-state index contributed by atoms with van der Waals surface area (Å²) in [5.74, 6) is -1.57. The van der Waals surface area contributed by atoms with Crippen LogP contribution in [0.25, 0.3) is 5.69 Å². The van der Waals surface area contributed by atoms with Crippen LogP contribution in [0.4, 0.5) is 4.39 Å². The Kier molecular flexibility index (Phi) is 6.22. The van der Waals surface area contributed by atoms with Crippen molar-refractivity contribution >= 4 is 11.8 Å². The highest BCUT2D eigenvalue weighted by Crippen LogP contribution is 2.12. The van der Waals surface area contributed by atoms with Crippen LogP contribution in [0.1, 0.15) is 11.1 Å². The Bertz CT molecular complexity index is 919. The smallest absolute Gasteiger partial charge is 0.224 e. The van der Waals surface area contributed by atoms with Gasteiger partial charge in [-0.1, -0.05) is 24.3 Å². The molecule has 3 N–H and O–H groups in total. The molecule has 1 heterocycles. The minimum absolute atomic E-state index is 0.146. The van der Waals surface area contributed by atoms with Crippen molar-refractivity contribution in [2.45, 2.75) is 12.8 Å². The van der Waals surface area contributed by atoms with Crippen molar-refractivity contribution in [1.29, 1.82) is 0 Å². The molecule has 1 unspecified atom stereocenters. The quantitative estimate of drug-likeness (QED) is 0.631. The number of aromatic nitrogens is 1. The molecule has 1 aromatic heterocycles. The minimum atomic E-state index is -0.550. The van der Waals surface area contributed by atoms with Crippen molar-refractivity contribution in [2.24, 2.45) is 11.7 Å². The number of hydrogen-bond donors (Lipinski definition) is 2. The molecule has 5 nitrogen and oxygen atoms in total. The van der Waals surface area contributed by atoms with E-state index in [0.717, 1.165) is 16.8 Å². The van der Waals surface area contributed by atoms with E-state index in [-0.39, 0.29) is 24.7 Å². The summed E-state index contributed by atoms with van der Waals surface area (Å²) in [5, 5.41) is 2.77. The van der Waals surface area contributed by atoms with Crippen LogP contribution in [-0.2, 0) is 22.4 Å². The summed E-state index contributed by atoms with van der Waals surface area (Å²) in [6.45, 7) is 0.146. The Hall–Kier alpha value is -3.41. The maximum Gasteiger partial charge on any atom is 0.224 e. The highest BCUT2D eigenvalue weighted by Gasteiger charge is 2.17. The number of halogens is 1. The molecule has 3 rings (SSSR count). The summed E-state index contributed by atoms with van der Waals surface area (Å²) >= 11 is 0. The van der Waals surface area contributed by atoms with Crippen LogP contribution in [0.3, 0.4) is 0 Å². The summed E-state index contributed by atoms with van der Waals surface area (Å²) in [7, 11) is 0. The van der Waals surface area contributed by atoms with Crippen LogP contribution in [0.5, 0.6) is 0 Å². The van der Waals surface area contributed by atoms with Gasteiger partial charge in [0.25, 0.3) is 0 Å². The highest BCUT2D eigenvalue weighted by molar-refractivity contribution is 5.81. The summed E-state index contributed by atoms with van der Waals surface area (Å²) in [6, 6.07) is 17.5. The van der Waals surface area contributed by atoms with E-state index in [1.807, 2.05) is 53.4 Å². The van der Waals surface area contributed by atoms with Gasteiger partial charge in [0.2, 0.25) is 11.8 Å². The average Bonchev–Trinajstić information content (AvgIpc) is 3.22.